The molecule has 14 heavy (non-hydrogen) atoms. The third kappa shape index (κ3) is 1.97. The predicted octanol–water partition coefficient (Wildman–Crippen LogP) is 2.95. The quantitative estimate of drug-likeness (QED) is 0.627. The van der Waals surface area contributed by atoms with Crippen LogP contribution in [0.2, 0.25) is 0 Å². The molecule has 1 saturated heterocycles. The van der Waals surface area contributed by atoms with E-state index in [1.807, 2.05) is 6.08 Å². The number of halogens is 2. The summed E-state index contributed by atoms with van der Waals surface area (Å²) in [5, 5.41) is 0. The zero-order chi connectivity index (χ0) is 10.2. The Morgan fingerprint density at radius 1 is 1.43 bits per heavy atom. The lowest BCUT2D eigenvalue weighted by atomic mass is 10.0. The van der Waals surface area contributed by atoms with Crippen molar-refractivity contribution in [2.75, 3.05) is 13.1 Å². The molecule has 1 heterocycles. The van der Waals surface area contributed by atoms with E-state index in [0.29, 0.717) is 6.54 Å². The molecule has 1 aliphatic carbocycles. The zero-order valence-electron chi connectivity index (χ0n) is 8.39. The van der Waals surface area contributed by atoms with Gasteiger partial charge in [0.15, 0.2) is 0 Å². The molecule has 3 heteroatoms. The van der Waals surface area contributed by atoms with E-state index in [1.54, 1.807) is 4.90 Å². The SMILES string of the molecule is CC1=CC(N2CCC(F)(F)C2)=CCC1. The predicted molar refractivity (Wildman–Crippen MR) is 52.2 cm³/mol. The summed E-state index contributed by atoms with van der Waals surface area (Å²) in [6.45, 7) is 2.44. The molecule has 1 aliphatic heterocycles. The zero-order valence-corrected chi connectivity index (χ0v) is 8.39. The van der Waals surface area contributed by atoms with Crippen molar-refractivity contribution < 1.29 is 8.78 Å². The fourth-order valence-corrected chi connectivity index (χ4v) is 2.01. The molecule has 1 nitrogen and oxygen atoms in total. The second-order valence-electron chi connectivity index (χ2n) is 4.19. The van der Waals surface area contributed by atoms with Gasteiger partial charge < -0.3 is 4.90 Å². The van der Waals surface area contributed by atoms with Gasteiger partial charge in [-0.05, 0) is 25.8 Å². The van der Waals surface area contributed by atoms with Gasteiger partial charge in [0.05, 0.1) is 6.54 Å². The normalized spacial score (nSPS) is 26.1. The summed E-state index contributed by atoms with van der Waals surface area (Å²) in [5.74, 6) is -2.49. The van der Waals surface area contributed by atoms with Crippen LogP contribution >= 0.6 is 0 Å². The van der Waals surface area contributed by atoms with E-state index in [2.05, 4.69) is 13.0 Å². The third-order valence-electron chi connectivity index (χ3n) is 2.82. The van der Waals surface area contributed by atoms with Gasteiger partial charge in [-0.15, -0.1) is 0 Å². The molecular weight excluding hydrogens is 184 g/mol. The Morgan fingerprint density at radius 3 is 2.79 bits per heavy atom. The van der Waals surface area contributed by atoms with Crippen LogP contribution in [0.3, 0.4) is 0 Å². The molecule has 0 unspecified atom stereocenters. The average molecular weight is 199 g/mol. The molecule has 0 aromatic heterocycles. The Bertz CT molecular complexity index is 292. The Labute approximate surface area is 83.1 Å². The van der Waals surface area contributed by atoms with Gasteiger partial charge in [0.1, 0.15) is 0 Å². The van der Waals surface area contributed by atoms with Crippen LogP contribution < -0.4 is 0 Å². The summed E-state index contributed by atoms with van der Waals surface area (Å²) in [4.78, 5) is 1.79. The van der Waals surface area contributed by atoms with E-state index in [0.717, 1.165) is 18.5 Å². The highest BCUT2D eigenvalue weighted by Gasteiger charge is 2.38. The van der Waals surface area contributed by atoms with Gasteiger partial charge >= 0.3 is 0 Å². The van der Waals surface area contributed by atoms with Gasteiger partial charge in [0.25, 0.3) is 5.92 Å². The van der Waals surface area contributed by atoms with Crippen LogP contribution in [-0.2, 0) is 0 Å². The highest BCUT2D eigenvalue weighted by atomic mass is 19.3. The number of likely N-dealkylation sites (tertiary alicyclic amines) is 1. The summed E-state index contributed by atoms with van der Waals surface area (Å²) in [6, 6.07) is 0. The highest BCUT2D eigenvalue weighted by molar-refractivity contribution is 5.26. The summed E-state index contributed by atoms with van der Waals surface area (Å²) < 4.78 is 25.9. The van der Waals surface area contributed by atoms with Crippen LogP contribution in [0.25, 0.3) is 0 Å². The molecule has 0 amide bonds. The first kappa shape index (κ1) is 9.69. The van der Waals surface area contributed by atoms with E-state index in [4.69, 9.17) is 0 Å². The molecule has 0 saturated carbocycles. The number of alkyl halides is 2. The topological polar surface area (TPSA) is 3.24 Å². The number of nitrogens with zero attached hydrogens (tertiary/aromatic N) is 1. The van der Waals surface area contributed by atoms with E-state index in [9.17, 15) is 8.78 Å². The molecule has 1 fully saturated rings. The minimum absolute atomic E-state index is 0.00275. The first-order valence-electron chi connectivity index (χ1n) is 5.07. The lowest BCUT2D eigenvalue weighted by molar-refractivity contribution is 0.0154. The fraction of sp³-hybridized carbons (Fsp3) is 0.636. The molecule has 78 valence electrons. The van der Waals surface area contributed by atoms with Crippen LogP contribution in [0.1, 0.15) is 26.2 Å². The Balaban J connectivity index is 2.07. The molecular formula is C11H15F2N. The maximum atomic E-state index is 13.0. The molecule has 2 aliphatic rings. The Hall–Kier alpha value is -0.860. The van der Waals surface area contributed by atoms with Gasteiger partial charge in [0.2, 0.25) is 0 Å². The average Bonchev–Trinajstić information content (AvgIpc) is 2.46. The third-order valence-corrected chi connectivity index (χ3v) is 2.82. The minimum Gasteiger partial charge on any atom is -0.366 e. The van der Waals surface area contributed by atoms with Crippen LogP contribution in [0.4, 0.5) is 8.78 Å². The molecule has 2 rings (SSSR count). The Kier molecular flexibility index (Phi) is 2.33. The van der Waals surface area contributed by atoms with E-state index < -0.39 is 5.92 Å². The van der Waals surface area contributed by atoms with E-state index >= 15 is 0 Å². The maximum Gasteiger partial charge on any atom is 0.266 e. The number of rotatable bonds is 1. The summed E-state index contributed by atoms with van der Waals surface area (Å²) in [5.41, 5.74) is 2.28. The number of hydrogen-bond donors (Lipinski definition) is 0. The molecule has 0 spiro atoms. The van der Waals surface area contributed by atoms with Gasteiger partial charge in [-0.25, -0.2) is 8.78 Å². The molecule has 0 atom stereocenters. The van der Waals surface area contributed by atoms with Crippen molar-refractivity contribution in [3.05, 3.63) is 23.4 Å². The first-order valence-corrected chi connectivity index (χ1v) is 5.07. The molecule has 0 radical (unpaired) electrons. The van der Waals surface area contributed by atoms with Crippen LogP contribution in [0.15, 0.2) is 23.4 Å². The van der Waals surface area contributed by atoms with Crippen molar-refractivity contribution in [3.63, 3.8) is 0 Å². The summed E-state index contributed by atoms with van der Waals surface area (Å²) in [7, 11) is 0. The number of allylic oxidation sites excluding steroid dienone is 3. The highest BCUT2D eigenvalue weighted by Crippen LogP contribution is 2.31. The van der Waals surface area contributed by atoms with Gasteiger partial charge in [-0.1, -0.05) is 11.6 Å². The van der Waals surface area contributed by atoms with E-state index in [-0.39, 0.29) is 13.0 Å². The van der Waals surface area contributed by atoms with Crippen LogP contribution in [0.5, 0.6) is 0 Å². The summed E-state index contributed by atoms with van der Waals surface area (Å²) >= 11 is 0. The monoisotopic (exact) mass is 199 g/mol. The van der Waals surface area contributed by atoms with E-state index in [1.165, 1.54) is 5.57 Å². The molecule has 0 aromatic carbocycles. The lowest BCUT2D eigenvalue weighted by Crippen LogP contribution is -2.24. The van der Waals surface area contributed by atoms with Crippen molar-refractivity contribution in [2.45, 2.75) is 32.1 Å². The second-order valence-corrected chi connectivity index (χ2v) is 4.19. The summed E-state index contributed by atoms with van der Waals surface area (Å²) in [6.07, 6.45) is 6.14. The van der Waals surface area contributed by atoms with Crippen molar-refractivity contribution in [3.8, 4) is 0 Å². The smallest absolute Gasteiger partial charge is 0.266 e. The molecule has 0 bridgehead atoms. The van der Waals surface area contributed by atoms with Gasteiger partial charge in [-0.3, -0.25) is 0 Å². The second kappa shape index (κ2) is 3.37. The maximum absolute atomic E-state index is 13.0. The first-order chi connectivity index (χ1) is 6.57. The van der Waals surface area contributed by atoms with Crippen molar-refractivity contribution in [1.29, 1.82) is 0 Å². The lowest BCUT2D eigenvalue weighted by Gasteiger charge is -2.22. The standard InChI is InChI=1S/C11H15F2N/c1-9-3-2-4-10(7-9)14-6-5-11(12,13)8-14/h4,7H,2-3,5-6,8H2,1H3. The van der Waals surface area contributed by atoms with Crippen LogP contribution in [-0.4, -0.2) is 23.9 Å². The van der Waals surface area contributed by atoms with Gasteiger partial charge in [0, 0.05) is 18.7 Å². The van der Waals surface area contributed by atoms with Gasteiger partial charge in [-0.2, -0.15) is 0 Å². The number of hydrogen-bond acceptors (Lipinski definition) is 1. The van der Waals surface area contributed by atoms with Crippen molar-refractivity contribution >= 4 is 0 Å². The Morgan fingerprint density at radius 2 is 2.21 bits per heavy atom. The van der Waals surface area contributed by atoms with Crippen molar-refractivity contribution in [2.24, 2.45) is 0 Å². The van der Waals surface area contributed by atoms with Crippen LogP contribution in [0, 0.1) is 0 Å². The fourth-order valence-electron chi connectivity index (χ4n) is 2.01. The minimum atomic E-state index is -2.49. The molecule has 0 aromatic rings. The van der Waals surface area contributed by atoms with Crippen molar-refractivity contribution in [1.82, 2.24) is 4.90 Å². The molecule has 0 N–H and O–H groups in total. The largest absolute Gasteiger partial charge is 0.366 e.